The van der Waals surface area contributed by atoms with Gasteiger partial charge in [-0.25, -0.2) is 13.8 Å². The number of nitrogens with one attached hydrogen (secondary N) is 3. The Labute approximate surface area is 260 Å². The van der Waals surface area contributed by atoms with E-state index in [4.69, 9.17) is 0 Å². The minimum atomic E-state index is -0.584. The van der Waals surface area contributed by atoms with Crippen LogP contribution in [0.1, 0.15) is 15.9 Å². The highest BCUT2D eigenvalue weighted by molar-refractivity contribution is 8.00. The maximum Gasteiger partial charge on any atom is 0.272 e. The Morgan fingerprint density at radius 2 is 1.52 bits per heavy atom. The summed E-state index contributed by atoms with van der Waals surface area (Å²) in [5.41, 5.74) is 2.67. The number of thiazole rings is 1. The van der Waals surface area contributed by atoms with Gasteiger partial charge >= 0.3 is 0 Å². The van der Waals surface area contributed by atoms with Crippen LogP contribution < -0.4 is 16.0 Å². The van der Waals surface area contributed by atoms with Gasteiger partial charge in [0.2, 0.25) is 5.91 Å². The van der Waals surface area contributed by atoms with Gasteiger partial charge in [0.1, 0.15) is 17.3 Å². The lowest BCUT2D eigenvalue weighted by molar-refractivity contribution is -0.114. The summed E-state index contributed by atoms with van der Waals surface area (Å²) in [6.45, 7) is 0. The van der Waals surface area contributed by atoms with Crippen LogP contribution in [0.25, 0.3) is 17.3 Å². The molecule has 0 spiro atoms. The lowest BCUT2D eigenvalue weighted by Crippen LogP contribution is -2.30. The van der Waals surface area contributed by atoms with Crippen molar-refractivity contribution in [2.45, 2.75) is 4.90 Å². The molecule has 1 aromatic heterocycles. The second-order valence-corrected chi connectivity index (χ2v) is 11.2. The molecular formula is C33H24F2N4O3S2. The van der Waals surface area contributed by atoms with Gasteiger partial charge in [-0.2, -0.15) is 0 Å². The van der Waals surface area contributed by atoms with Crippen molar-refractivity contribution < 1.29 is 23.2 Å². The number of nitrogens with zero attached hydrogens (tertiary/aromatic N) is 1. The molecule has 220 valence electrons. The molecule has 0 aliphatic carbocycles. The Bertz CT molecular complexity index is 1810. The van der Waals surface area contributed by atoms with Crippen molar-refractivity contribution in [1.82, 2.24) is 10.3 Å². The topological polar surface area (TPSA) is 100 Å². The van der Waals surface area contributed by atoms with Gasteiger partial charge < -0.3 is 16.0 Å². The smallest absolute Gasteiger partial charge is 0.272 e. The molecule has 0 radical (unpaired) electrons. The van der Waals surface area contributed by atoms with Crippen molar-refractivity contribution in [3.63, 3.8) is 0 Å². The number of halogens is 2. The Hall–Kier alpha value is -5.13. The van der Waals surface area contributed by atoms with E-state index in [2.05, 4.69) is 20.9 Å². The normalized spacial score (nSPS) is 11.1. The monoisotopic (exact) mass is 626 g/mol. The molecule has 0 saturated carbocycles. The first-order valence-electron chi connectivity index (χ1n) is 13.2. The van der Waals surface area contributed by atoms with Crippen LogP contribution in [-0.4, -0.2) is 28.5 Å². The summed E-state index contributed by atoms with van der Waals surface area (Å²) in [6, 6.07) is 26.8. The maximum atomic E-state index is 13.4. The van der Waals surface area contributed by atoms with Gasteiger partial charge in [0.25, 0.3) is 11.8 Å². The molecule has 5 rings (SSSR count). The van der Waals surface area contributed by atoms with Crippen molar-refractivity contribution in [2.75, 3.05) is 16.4 Å². The number of carbonyl (C=O) groups is 3. The SMILES string of the molecule is O=C(CSc1cccc(NC(=O)/C(=C/c2ccc(F)cc2)NC(=O)c2ccccc2)c1)Nc1nc(-c2ccc(F)cc2)cs1. The highest BCUT2D eigenvalue weighted by Crippen LogP contribution is 2.26. The van der Waals surface area contributed by atoms with E-state index in [9.17, 15) is 23.2 Å². The van der Waals surface area contributed by atoms with E-state index >= 15 is 0 Å². The van der Waals surface area contributed by atoms with Crippen molar-refractivity contribution in [2.24, 2.45) is 0 Å². The molecule has 44 heavy (non-hydrogen) atoms. The molecule has 0 unspecified atom stereocenters. The fourth-order valence-electron chi connectivity index (χ4n) is 3.92. The van der Waals surface area contributed by atoms with E-state index in [1.807, 2.05) is 0 Å². The van der Waals surface area contributed by atoms with Gasteiger partial charge in [0.05, 0.1) is 11.4 Å². The molecule has 4 aromatic carbocycles. The fourth-order valence-corrected chi connectivity index (χ4v) is 5.41. The summed E-state index contributed by atoms with van der Waals surface area (Å²) in [5.74, 6) is -2.00. The van der Waals surface area contributed by atoms with Gasteiger partial charge in [-0.15, -0.1) is 23.1 Å². The van der Waals surface area contributed by atoms with Crippen LogP contribution in [0.5, 0.6) is 0 Å². The molecule has 0 aliphatic heterocycles. The minimum Gasteiger partial charge on any atom is -0.321 e. The van der Waals surface area contributed by atoms with Crippen LogP contribution in [-0.2, 0) is 9.59 Å². The van der Waals surface area contributed by atoms with Gasteiger partial charge in [-0.3, -0.25) is 14.4 Å². The molecule has 0 saturated heterocycles. The van der Waals surface area contributed by atoms with Crippen molar-refractivity contribution in [3.05, 3.63) is 137 Å². The predicted octanol–water partition coefficient (Wildman–Crippen LogP) is 7.23. The number of hydrogen-bond acceptors (Lipinski definition) is 6. The van der Waals surface area contributed by atoms with Gasteiger partial charge in [-0.05, 0) is 78.4 Å². The second-order valence-electron chi connectivity index (χ2n) is 9.29. The van der Waals surface area contributed by atoms with Crippen molar-refractivity contribution in [1.29, 1.82) is 0 Å². The van der Waals surface area contributed by atoms with Crippen LogP contribution in [0, 0.1) is 11.6 Å². The molecule has 1 heterocycles. The molecule has 0 fully saturated rings. The van der Waals surface area contributed by atoms with E-state index in [1.54, 1.807) is 72.1 Å². The number of rotatable bonds is 10. The van der Waals surface area contributed by atoms with Crippen LogP contribution >= 0.6 is 23.1 Å². The van der Waals surface area contributed by atoms with Gasteiger partial charge in [0, 0.05) is 27.1 Å². The first-order chi connectivity index (χ1) is 21.3. The summed E-state index contributed by atoms with van der Waals surface area (Å²) >= 11 is 2.53. The van der Waals surface area contributed by atoms with Crippen LogP contribution in [0.3, 0.4) is 0 Å². The highest BCUT2D eigenvalue weighted by Gasteiger charge is 2.16. The zero-order valence-electron chi connectivity index (χ0n) is 22.9. The highest BCUT2D eigenvalue weighted by atomic mass is 32.2. The number of carbonyl (C=O) groups excluding carboxylic acids is 3. The molecule has 5 aromatic rings. The van der Waals surface area contributed by atoms with Crippen LogP contribution in [0.4, 0.5) is 19.6 Å². The van der Waals surface area contributed by atoms with Crippen molar-refractivity contribution >= 4 is 57.7 Å². The summed E-state index contributed by atoms with van der Waals surface area (Å²) < 4.78 is 26.6. The molecule has 3 amide bonds. The fraction of sp³-hybridized carbons (Fsp3) is 0.0303. The number of amides is 3. The second kappa shape index (κ2) is 14.4. The third-order valence-corrected chi connectivity index (χ3v) is 7.81. The van der Waals surface area contributed by atoms with E-state index < -0.39 is 17.6 Å². The predicted molar refractivity (Wildman–Crippen MR) is 170 cm³/mol. The number of aromatic nitrogens is 1. The summed E-state index contributed by atoms with van der Waals surface area (Å²) in [6.07, 6.45) is 1.46. The zero-order chi connectivity index (χ0) is 30.9. The number of anilines is 2. The van der Waals surface area contributed by atoms with E-state index in [0.717, 1.165) is 10.5 Å². The van der Waals surface area contributed by atoms with E-state index in [1.165, 1.54) is 65.6 Å². The third-order valence-electron chi connectivity index (χ3n) is 6.06. The average molecular weight is 627 g/mol. The molecule has 0 aliphatic rings. The lowest BCUT2D eigenvalue weighted by atomic mass is 10.1. The Morgan fingerprint density at radius 3 is 2.25 bits per heavy atom. The third kappa shape index (κ3) is 8.46. The standard InChI is InChI=1S/C33H24F2N4O3S2/c34-24-13-9-21(10-14-24)17-28(37-31(41)23-5-2-1-3-6-23)32(42)36-26-7-4-8-27(18-26)43-20-30(40)39-33-38-29(19-44-33)22-11-15-25(35)16-12-22/h1-19H,20H2,(H,36,42)(H,37,41)(H,38,39,40)/b28-17-. The molecule has 3 N–H and O–H groups in total. The molecule has 11 heteroatoms. The average Bonchev–Trinajstić information content (AvgIpc) is 3.50. The molecule has 7 nitrogen and oxygen atoms in total. The van der Waals surface area contributed by atoms with Crippen LogP contribution in [0.15, 0.2) is 119 Å². The quantitative estimate of drug-likeness (QED) is 0.112. The lowest BCUT2D eigenvalue weighted by Gasteiger charge is -2.12. The Balaban J connectivity index is 1.22. The summed E-state index contributed by atoms with van der Waals surface area (Å²) in [7, 11) is 0. The molecular weight excluding hydrogens is 603 g/mol. The van der Waals surface area contributed by atoms with Gasteiger partial charge in [-0.1, -0.05) is 36.4 Å². The van der Waals surface area contributed by atoms with E-state index in [0.29, 0.717) is 27.6 Å². The summed E-state index contributed by atoms with van der Waals surface area (Å²) in [4.78, 5) is 43.8. The first-order valence-corrected chi connectivity index (χ1v) is 15.1. The summed E-state index contributed by atoms with van der Waals surface area (Å²) in [5, 5.41) is 10.4. The van der Waals surface area contributed by atoms with E-state index in [-0.39, 0.29) is 23.2 Å². The number of hydrogen-bond donors (Lipinski definition) is 3. The van der Waals surface area contributed by atoms with Gasteiger partial charge in [0.15, 0.2) is 5.13 Å². The largest absolute Gasteiger partial charge is 0.321 e. The zero-order valence-corrected chi connectivity index (χ0v) is 24.6. The minimum absolute atomic E-state index is 0.0358. The Kier molecular flexibility index (Phi) is 9.90. The van der Waals surface area contributed by atoms with Crippen molar-refractivity contribution in [3.8, 4) is 11.3 Å². The Morgan fingerprint density at radius 1 is 0.818 bits per heavy atom. The molecule has 0 atom stereocenters. The maximum absolute atomic E-state index is 13.4. The first kappa shape index (κ1) is 30.3. The number of thioether (sulfide) groups is 1. The molecule has 0 bridgehead atoms. The number of benzene rings is 4. The van der Waals surface area contributed by atoms with Crippen LogP contribution in [0.2, 0.25) is 0 Å².